The van der Waals surface area contributed by atoms with Crippen LogP contribution in [0.5, 0.6) is 0 Å². The highest BCUT2D eigenvalue weighted by Gasteiger charge is 2.18. The van der Waals surface area contributed by atoms with Crippen LogP contribution < -0.4 is 11.3 Å². The third kappa shape index (κ3) is 4.10. The Kier molecular flexibility index (Phi) is 6.95. The fourth-order valence-electron chi connectivity index (χ4n) is 1.42. The van der Waals surface area contributed by atoms with Crippen LogP contribution in [0.25, 0.3) is 0 Å². The number of nitrogens with two attached hydrogens (primary N) is 1. The van der Waals surface area contributed by atoms with Crippen LogP contribution in [0.1, 0.15) is 31.9 Å². The third-order valence-electron chi connectivity index (χ3n) is 2.76. The predicted molar refractivity (Wildman–Crippen MR) is 81.4 cm³/mol. The number of benzene rings is 1. The standard InChI is InChI=1S/C12H17BrClFN2S/c1-3-7(2)18-6-10(17-16)8-4-5-9(13)11(14)12(8)15/h4-5,7,10,17H,3,6,16H2,1-2H3. The van der Waals surface area contributed by atoms with Gasteiger partial charge in [0.15, 0.2) is 0 Å². The van der Waals surface area contributed by atoms with Gasteiger partial charge in [0.2, 0.25) is 0 Å². The largest absolute Gasteiger partial charge is 0.271 e. The molecule has 3 N–H and O–H groups in total. The summed E-state index contributed by atoms with van der Waals surface area (Å²) >= 11 is 10.8. The minimum absolute atomic E-state index is 0.0984. The van der Waals surface area contributed by atoms with Gasteiger partial charge in [-0.3, -0.25) is 11.3 Å². The van der Waals surface area contributed by atoms with Gasteiger partial charge in [-0.2, -0.15) is 11.8 Å². The Morgan fingerprint density at radius 2 is 2.22 bits per heavy atom. The van der Waals surface area contributed by atoms with Crippen molar-refractivity contribution in [3.63, 3.8) is 0 Å². The molecule has 2 unspecified atom stereocenters. The van der Waals surface area contributed by atoms with Crippen molar-refractivity contribution in [2.45, 2.75) is 31.6 Å². The molecule has 1 rings (SSSR count). The zero-order valence-electron chi connectivity index (χ0n) is 10.3. The smallest absolute Gasteiger partial charge is 0.147 e. The Balaban J connectivity index is 2.85. The second kappa shape index (κ2) is 7.70. The summed E-state index contributed by atoms with van der Waals surface area (Å²) in [6, 6.07) is 3.20. The quantitative estimate of drug-likeness (QED) is 0.454. The summed E-state index contributed by atoms with van der Waals surface area (Å²) in [6.45, 7) is 4.27. The number of rotatable bonds is 6. The molecule has 0 saturated carbocycles. The fraction of sp³-hybridized carbons (Fsp3) is 0.500. The first-order valence-electron chi connectivity index (χ1n) is 5.72. The van der Waals surface area contributed by atoms with Gasteiger partial charge in [0.05, 0.1) is 11.1 Å². The molecule has 1 aromatic rings. The lowest BCUT2D eigenvalue weighted by atomic mass is 10.1. The first-order valence-corrected chi connectivity index (χ1v) is 7.94. The zero-order valence-corrected chi connectivity index (χ0v) is 13.5. The molecule has 102 valence electrons. The van der Waals surface area contributed by atoms with Crippen molar-refractivity contribution < 1.29 is 4.39 Å². The highest BCUT2D eigenvalue weighted by molar-refractivity contribution is 9.10. The maximum atomic E-state index is 14.0. The number of halogens is 3. The van der Waals surface area contributed by atoms with E-state index in [1.54, 1.807) is 23.9 Å². The average molecular weight is 356 g/mol. The number of hydrogen-bond acceptors (Lipinski definition) is 3. The molecule has 6 heteroatoms. The van der Waals surface area contributed by atoms with Gasteiger partial charge in [0, 0.05) is 21.0 Å². The molecular formula is C12H17BrClFN2S. The van der Waals surface area contributed by atoms with E-state index < -0.39 is 5.82 Å². The summed E-state index contributed by atoms with van der Waals surface area (Å²) in [4.78, 5) is 0. The van der Waals surface area contributed by atoms with Crippen molar-refractivity contribution in [1.29, 1.82) is 0 Å². The zero-order chi connectivity index (χ0) is 13.7. The maximum absolute atomic E-state index is 14.0. The topological polar surface area (TPSA) is 38.0 Å². The molecular weight excluding hydrogens is 339 g/mol. The minimum Gasteiger partial charge on any atom is -0.271 e. The molecule has 1 aromatic carbocycles. The highest BCUT2D eigenvalue weighted by atomic mass is 79.9. The molecule has 0 saturated heterocycles. The van der Waals surface area contributed by atoms with Crippen LogP contribution in [-0.2, 0) is 0 Å². The van der Waals surface area contributed by atoms with Crippen LogP contribution >= 0.6 is 39.3 Å². The van der Waals surface area contributed by atoms with Gasteiger partial charge < -0.3 is 0 Å². The lowest BCUT2D eigenvalue weighted by Crippen LogP contribution is -2.31. The Morgan fingerprint density at radius 1 is 1.56 bits per heavy atom. The van der Waals surface area contributed by atoms with E-state index in [0.29, 0.717) is 21.0 Å². The summed E-state index contributed by atoms with van der Waals surface area (Å²) in [5.74, 6) is 5.80. The van der Waals surface area contributed by atoms with Gasteiger partial charge in [-0.05, 0) is 28.4 Å². The van der Waals surface area contributed by atoms with Crippen molar-refractivity contribution in [3.8, 4) is 0 Å². The van der Waals surface area contributed by atoms with Crippen LogP contribution in [0.4, 0.5) is 4.39 Å². The minimum atomic E-state index is -0.418. The predicted octanol–water partition coefficient (Wildman–Crippen LogP) is 4.28. The van der Waals surface area contributed by atoms with E-state index in [1.165, 1.54) is 0 Å². The van der Waals surface area contributed by atoms with E-state index >= 15 is 0 Å². The normalized spacial score (nSPS) is 14.6. The molecule has 18 heavy (non-hydrogen) atoms. The van der Waals surface area contributed by atoms with E-state index in [9.17, 15) is 4.39 Å². The molecule has 0 aliphatic rings. The lowest BCUT2D eigenvalue weighted by molar-refractivity contribution is 0.546. The number of hydrogen-bond donors (Lipinski definition) is 2. The molecule has 2 nitrogen and oxygen atoms in total. The lowest BCUT2D eigenvalue weighted by Gasteiger charge is -2.19. The molecule has 0 aliphatic carbocycles. The maximum Gasteiger partial charge on any atom is 0.147 e. The molecule has 0 aromatic heterocycles. The molecule has 0 bridgehead atoms. The number of thioether (sulfide) groups is 1. The van der Waals surface area contributed by atoms with Crippen molar-refractivity contribution in [3.05, 3.63) is 33.0 Å². The SMILES string of the molecule is CCC(C)SCC(NN)c1ccc(Br)c(Cl)c1F. The first kappa shape index (κ1) is 16.2. The van der Waals surface area contributed by atoms with Gasteiger partial charge in [0.25, 0.3) is 0 Å². The van der Waals surface area contributed by atoms with Crippen LogP contribution in [0.3, 0.4) is 0 Å². The van der Waals surface area contributed by atoms with Crippen molar-refractivity contribution in [2.75, 3.05) is 5.75 Å². The Morgan fingerprint density at radius 3 is 2.78 bits per heavy atom. The Hall–Kier alpha value is 0.190. The third-order valence-corrected chi connectivity index (χ3v) is 5.45. The number of hydrazine groups is 1. The monoisotopic (exact) mass is 354 g/mol. The molecule has 0 heterocycles. The van der Waals surface area contributed by atoms with E-state index in [-0.39, 0.29) is 11.1 Å². The Bertz CT molecular complexity index is 406. The second-order valence-corrected chi connectivity index (χ2v) is 6.74. The van der Waals surface area contributed by atoms with E-state index in [0.717, 1.165) is 6.42 Å². The van der Waals surface area contributed by atoms with E-state index in [2.05, 4.69) is 35.2 Å². The highest BCUT2D eigenvalue weighted by Crippen LogP contribution is 2.32. The van der Waals surface area contributed by atoms with Crippen molar-refractivity contribution in [1.82, 2.24) is 5.43 Å². The van der Waals surface area contributed by atoms with Gasteiger partial charge in [-0.15, -0.1) is 0 Å². The number of nitrogens with one attached hydrogen (secondary N) is 1. The average Bonchev–Trinajstić information content (AvgIpc) is 2.38. The molecule has 0 radical (unpaired) electrons. The Labute approximate surface area is 125 Å². The van der Waals surface area contributed by atoms with Crippen LogP contribution in [-0.4, -0.2) is 11.0 Å². The molecule has 0 spiro atoms. The molecule has 0 amide bonds. The summed E-state index contributed by atoms with van der Waals surface area (Å²) in [5.41, 5.74) is 3.15. The van der Waals surface area contributed by atoms with Gasteiger partial charge in [-0.1, -0.05) is 31.5 Å². The van der Waals surface area contributed by atoms with Crippen molar-refractivity contribution >= 4 is 39.3 Å². The van der Waals surface area contributed by atoms with Gasteiger partial charge in [0.1, 0.15) is 5.82 Å². The van der Waals surface area contributed by atoms with Crippen LogP contribution in [0.15, 0.2) is 16.6 Å². The van der Waals surface area contributed by atoms with E-state index in [1.807, 2.05) is 0 Å². The van der Waals surface area contributed by atoms with Crippen LogP contribution in [0, 0.1) is 5.82 Å². The summed E-state index contributed by atoms with van der Waals surface area (Å²) in [6.07, 6.45) is 1.07. The molecule has 0 aliphatic heterocycles. The van der Waals surface area contributed by atoms with Crippen LogP contribution in [0.2, 0.25) is 5.02 Å². The molecule has 2 atom stereocenters. The molecule has 0 fully saturated rings. The van der Waals surface area contributed by atoms with Gasteiger partial charge >= 0.3 is 0 Å². The van der Waals surface area contributed by atoms with Gasteiger partial charge in [-0.25, -0.2) is 4.39 Å². The first-order chi connectivity index (χ1) is 8.51. The van der Waals surface area contributed by atoms with Crippen molar-refractivity contribution in [2.24, 2.45) is 5.84 Å². The summed E-state index contributed by atoms with van der Waals surface area (Å²) in [5, 5.41) is 0.621. The second-order valence-electron chi connectivity index (χ2n) is 4.04. The summed E-state index contributed by atoms with van der Waals surface area (Å²) < 4.78 is 14.6. The summed E-state index contributed by atoms with van der Waals surface area (Å²) in [7, 11) is 0. The van der Waals surface area contributed by atoms with E-state index in [4.69, 9.17) is 17.4 Å². The fourth-order valence-corrected chi connectivity index (χ4v) is 2.93.